The largest absolute Gasteiger partial charge is 0.495 e. The Hall–Kier alpha value is -1.76. The second-order valence-corrected chi connectivity index (χ2v) is 4.83. The summed E-state index contributed by atoms with van der Waals surface area (Å²) in [6.07, 6.45) is 0.871. The Bertz CT molecular complexity index is 629. The van der Waals surface area contributed by atoms with Gasteiger partial charge in [-0.1, -0.05) is 42.0 Å². The molecule has 118 valence electrons. The molecule has 4 nitrogen and oxygen atoms in total. The molecule has 0 radical (unpaired) electrons. The zero-order valence-electron chi connectivity index (χ0n) is 12.9. The topological polar surface area (TPSA) is 59.6 Å². The Labute approximate surface area is 148 Å². The lowest BCUT2D eigenvalue weighted by molar-refractivity contribution is 0.417. The predicted molar refractivity (Wildman–Crippen MR) is 103 cm³/mol. The molecule has 0 spiro atoms. The number of nitrogens with two attached hydrogens (primary N) is 1. The minimum absolute atomic E-state index is 0. The molecule has 0 fully saturated rings. The van der Waals surface area contributed by atoms with Crippen LogP contribution in [0.15, 0.2) is 53.5 Å². The molecule has 0 atom stereocenters. The molecule has 0 bridgehead atoms. The Morgan fingerprint density at radius 1 is 1.18 bits per heavy atom. The van der Waals surface area contributed by atoms with E-state index in [9.17, 15) is 0 Å². The Kier molecular flexibility index (Phi) is 7.73. The lowest BCUT2D eigenvalue weighted by Gasteiger charge is -2.10. The Morgan fingerprint density at radius 3 is 2.68 bits per heavy atom. The van der Waals surface area contributed by atoms with Crippen molar-refractivity contribution < 1.29 is 4.74 Å². The van der Waals surface area contributed by atoms with Crippen LogP contribution >= 0.6 is 24.0 Å². The molecule has 5 heteroatoms. The summed E-state index contributed by atoms with van der Waals surface area (Å²) in [5, 5.41) is 3.06. The van der Waals surface area contributed by atoms with Crippen LogP contribution in [0.25, 0.3) is 0 Å². The smallest absolute Gasteiger partial charge is 0.193 e. The molecule has 2 aromatic carbocycles. The summed E-state index contributed by atoms with van der Waals surface area (Å²) in [7, 11) is 1.63. The second kappa shape index (κ2) is 9.30. The van der Waals surface area contributed by atoms with E-state index in [4.69, 9.17) is 10.5 Å². The van der Waals surface area contributed by atoms with Gasteiger partial charge in [-0.05, 0) is 31.0 Å². The SMILES string of the molecule is COc1ccccc1NC(N)=NCCc1cccc(C)c1.I. The number of aryl methyl sites for hydroxylation is 1. The zero-order chi connectivity index (χ0) is 15.1. The fourth-order valence-electron chi connectivity index (χ4n) is 2.10. The number of ether oxygens (including phenoxy) is 1. The molecule has 0 saturated carbocycles. The molecule has 0 aliphatic carbocycles. The van der Waals surface area contributed by atoms with Gasteiger partial charge in [0.05, 0.1) is 12.8 Å². The maximum Gasteiger partial charge on any atom is 0.193 e. The molecule has 0 heterocycles. The van der Waals surface area contributed by atoms with Crippen molar-refractivity contribution in [3.8, 4) is 5.75 Å². The van der Waals surface area contributed by atoms with Crippen LogP contribution in [0, 0.1) is 6.92 Å². The van der Waals surface area contributed by atoms with E-state index in [2.05, 4.69) is 41.5 Å². The molecule has 0 aliphatic rings. The van der Waals surface area contributed by atoms with Gasteiger partial charge >= 0.3 is 0 Å². The molecule has 2 rings (SSSR count). The highest BCUT2D eigenvalue weighted by Crippen LogP contribution is 2.22. The van der Waals surface area contributed by atoms with Crippen molar-refractivity contribution in [1.82, 2.24) is 0 Å². The number of nitrogens with zero attached hydrogens (tertiary/aromatic N) is 1. The molecule has 0 unspecified atom stereocenters. The average molecular weight is 411 g/mol. The van der Waals surface area contributed by atoms with E-state index >= 15 is 0 Å². The Morgan fingerprint density at radius 2 is 1.95 bits per heavy atom. The first-order valence-electron chi connectivity index (χ1n) is 6.94. The number of hydrogen-bond acceptors (Lipinski definition) is 2. The molecular formula is C17H22IN3O. The molecule has 0 aliphatic heterocycles. The van der Waals surface area contributed by atoms with Crippen LogP contribution in [0.3, 0.4) is 0 Å². The van der Waals surface area contributed by atoms with Gasteiger partial charge in [-0.3, -0.25) is 4.99 Å². The van der Waals surface area contributed by atoms with Crippen molar-refractivity contribution in [2.75, 3.05) is 19.0 Å². The highest BCUT2D eigenvalue weighted by atomic mass is 127. The van der Waals surface area contributed by atoms with Gasteiger partial charge in [0.2, 0.25) is 0 Å². The molecule has 2 aromatic rings. The van der Waals surface area contributed by atoms with Crippen LogP contribution < -0.4 is 15.8 Å². The fraction of sp³-hybridized carbons (Fsp3) is 0.235. The van der Waals surface area contributed by atoms with Crippen LogP contribution in [0.4, 0.5) is 5.69 Å². The van der Waals surface area contributed by atoms with E-state index < -0.39 is 0 Å². The number of aliphatic imine (C=N–C) groups is 1. The predicted octanol–water partition coefficient (Wildman–Crippen LogP) is 3.59. The van der Waals surface area contributed by atoms with Gasteiger partial charge in [-0.25, -0.2) is 0 Å². The molecule has 22 heavy (non-hydrogen) atoms. The maximum absolute atomic E-state index is 5.91. The van der Waals surface area contributed by atoms with Crippen molar-refractivity contribution in [1.29, 1.82) is 0 Å². The standard InChI is InChI=1S/C17H21N3O.HI/c1-13-6-5-7-14(12-13)10-11-19-17(18)20-15-8-3-4-9-16(15)21-2;/h3-9,12H,10-11H2,1-2H3,(H3,18,19,20);1H. The van der Waals surface area contributed by atoms with Crippen molar-refractivity contribution in [3.63, 3.8) is 0 Å². The molecule has 3 N–H and O–H groups in total. The van der Waals surface area contributed by atoms with Crippen LogP contribution in [-0.2, 0) is 6.42 Å². The summed E-state index contributed by atoms with van der Waals surface area (Å²) in [4.78, 5) is 4.35. The minimum atomic E-state index is 0. The lowest BCUT2D eigenvalue weighted by Crippen LogP contribution is -2.23. The van der Waals surface area contributed by atoms with Crippen molar-refractivity contribution >= 4 is 35.6 Å². The van der Waals surface area contributed by atoms with Gasteiger partial charge in [-0.15, -0.1) is 24.0 Å². The molecule has 0 aromatic heterocycles. The van der Waals surface area contributed by atoms with E-state index in [0.717, 1.165) is 17.9 Å². The van der Waals surface area contributed by atoms with Gasteiger partial charge in [0.25, 0.3) is 0 Å². The number of methoxy groups -OCH3 is 1. The summed E-state index contributed by atoms with van der Waals surface area (Å²) >= 11 is 0. The third kappa shape index (κ3) is 5.55. The maximum atomic E-state index is 5.91. The van der Waals surface area contributed by atoms with Gasteiger partial charge in [0, 0.05) is 6.54 Å². The average Bonchev–Trinajstić information content (AvgIpc) is 2.48. The minimum Gasteiger partial charge on any atom is -0.495 e. The van der Waals surface area contributed by atoms with Crippen LogP contribution in [0.1, 0.15) is 11.1 Å². The number of hydrogen-bond donors (Lipinski definition) is 2. The Balaban J connectivity index is 0.00000242. The first-order valence-corrected chi connectivity index (χ1v) is 6.94. The van der Waals surface area contributed by atoms with Gasteiger partial charge in [0.15, 0.2) is 5.96 Å². The number of rotatable bonds is 5. The molecule has 0 amide bonds. The summed E-state index contributed by atoms with van der Waals surface area (Å²) in [6, 6.07) is 16.0. The van der Waals surface area contributed by atoms with Crippen LogP contribution in [0.2, 0.25) is 0 Å². The lowest BCUT2D eigenvalue weighted by atomic mass is 10.1. The zero-order valence-corrected chi connectivity index (χ0v) is 15.2. The van der Waals surface area contributed by atoms with E-state index in [-0.39, 0.29) is 24.0 Å². The highest BCUT2D eigenvalue weighted by molar-refractivity contribution is 14.0. The van der Waals surface area contributed by atoms with Gasteiger partial charge in [-0.2, -0.15) is 0 Å². The quantitative estimate of drug-likeness (QED) is 0.449. The van der Waals surface area contributed by atoms with E-state index in [1.165, 1.54) is 11.1 Å². The van der Waals surface area contributed by atoms with E-state index in [0.29, 0.717) is 12.5 Å². The van der Waals surface area contributed by atoms with Crippen LogP contribution in [-0.4, -0.2) is 19.6 Å². The molecular weight excluding hydrogens is 389 g/mol. The summed E-state index contributed by atoms with van der Waals surface area (Å²) in [5.74, 6) is 1.14. The van der Waals surface area contributed by atoms with Crippen molar-refractivity contribution in [2.45, 2.75) is 13.3 Å². The number of para-hydroxylation sites is 2. The fourth-order valence-corrected chi connectivity index (χ4v) is 2.10. The van der Waals surface area contributed by atoms with Crippen molar-refractivity contribution in [2.24, 2.45) is 10.7 Å². The second-order valence-electron chi connectivity index (χ2n) is 4.83. The van der Waals surface area contributed by atoms with Gasteiger partial charge < -0.3 is 15.8 Å². The number of halogens is 1. The van der Waals surface area contributed by atoms with Gasteiger partial charge in [0.1, 0.15) is 5.75 Å². The highest BCUT2D eigenvalue weighted by Gasteiger charge is 2.02. The number of guanidine groups is 1. The monoisotopic (exact) mass is 411 g/mol. The summed E-state index contributed by atoms with van der Waals surface area (Å²) < 4.78 is 5.26. The van der Waals surface area contributed by atoms with Crippen LogP contribution in [0.5, 0.6) is 5.75 Å². The normalized spacial score (nSPS) is 10.7. The number of anilines is 1. The number of nitrogens with one attached hydrogen (secondary N) is 1. The summed E-state index contributed by atoms with van der Waals surface area (Å²) in [5.41, 5.74) is 9.25. The number of benzene rings is 2. The van der Waals surface area contributed by atoms with Crippen molar-refractivity contribution in [3.05, 3.63) is 59.7 Å². The molecule has 0 saturated heterocycles. The third-order valence-electron chi connectivity index (χ3n) is 3.13. The van der Waals surface area contributed by atoms with E-state index in [1.807, 2.05) is 24.3 Å². The van der Waals surface area contributed by atoms with E-state index in [1.54, 1.807) is 7.11 Å². The summed E-state index contributed by atoms with van der Waals surface area (Å²) in [6.45, 7) is 2.74. The first-order chi connectivity index (χ1) is 10.2. The third-order valence-corrected chi connectivity index (χ3v) is 3.13. The first kappa shape index (κ1) is 18.3.